The number of nitrogens with zero attached hydrogens (tertiary/aromatic N) is 3. The molecule has 0 bridgehead atoms. The fraction of sp³-hybridized carbons (Fsp3) is 0. The van der Waals surface area contributed by atoms with E-state index in [1.165, 1.54) is 27.4 Å². The molecule has 0 N–H and O–H groups in total. The summed E-state index contributed by atoms with van der Waals surface area (Å²) in [5.74, 6) is 0. The van der Waals surface area contributed by atoms with Crippen LogP contribution in [-0.4, -0.2) is 14.0 Å². The first-order valence-electron chi connectivity index (χ1n) is 18.0. The largest absolute Gasteiger partial charge is 0.456 e. The summed E-state index contributed by atoms with van der Waals surface area (Å²) in [6.45, 7) is 0. The lowest BCUT2D eigenvalue weighted by Crippen LogP contribution is -1.92. The molecule has 0 aliphatic rings. The summed E-state index contributed by atoms with van der Waals surface area (Å²) in [6.07, 6.45) is 2.11. The predicted molar refractivity (Wildman–Crippen MR) is 219 cm³/mol. The first-order valence-corrected chi connectivity index (χ1v) is 18.0. The lowest BCUT2D eigenvalue weighted by atomic mass is 9.95. The van der Waals surface area contributed by atoms with Crippen LogP contribution in [0.4, 0.5) is 0 Å². The summed E-state index contributed by atoms with van der Waals surface area (Å²) in [7, 11) is 0. The Labute approximate surface area is 305 Å². The standard InChI is InChI=1S/C49H31N3O/c1-3-14-32(15-4-1)33-16-11-19-36(28-33)49-48(50-46-26-9-10-27-51(46)49)35-18-12-17-34(29-35)38-23-13-25-44-47(38)41-30-40-39-22-7-8-24-42(39)52(37-20-5-2-6-21-37)43(40)31-45(41)53-44/h1-31H. The van der Waals surface area contributed by atoms with Crippen molar-refractivity contribution in [2.75, 3.05) is 0 Å². The van der Waals surface area contributed by atoms with Crippen molar-refractivity contribution in [3.8, 4) is 50.5 Å². The summed E-state index contributed by atoms with van der Waals surface area (Å²) in [5, 5.41) is 4.65. The SMILES string of the molecule is c1ccc(-c2cccc(-c3c(-c4cccc(-c5cccc6oc7cc8c(cc7c56)c5ccccc5n8-c5ccccc5)c4)nc4ccccn34)c2)cc1. The van der Waals surface area contributed by atoms with E-state index in [1.54, 1.807) is 0 Å². The van der Waals surface area contributed by atoms with Gasteiger partial charge in [0.15, 0.2) is 0 Å². The number of hydrogen-bond acceptors (Lipinski definition) is 2. The third kappa shape index (κ3) is 4.66. The highest BCUT2D eigenvalue weighted by molar-refractivity contribution is 6.20. The number of imidazole rings is 1. The third-order valence-corrected chi connectivity index (χ3v) is 10.5. The van der Waals surface area contributed by atoms with Crippen LogP contribution in [0.1, 0.15) is 0 Å². The molecule has 0 saturated carbocycles. The minimum atomic E-state index is 0.872. The second-order valence-corrected chi connectivity index (χ2v) is 13.6. The number of hydrogen-bond donors (Lipinski definition) is 0. The van der Waals surface area contributed by atoms with Gasteiger partial charge in [0, 0.05) is 50.6 Å². The summed E-state index contributed by atoms with van der Waals surface area (Å²) in [6, 6.07) is 64.4. The molecule has 0 aliphatic carbocycles. The van der Waals surface area contributed by atoms with Gasteiger partial charge in [-0.2, -0.15) is 0 Å². The molecule has 11 aromatic rings. The van der Waals surface area contributed by atoms with Crippen LogP contribution in [0.15, 0.2) is 193 Å². The van der Waals surface area contributed by atoms with Crippen LogP contribution >= 0.6 is 0 Å². The number of fused-ring (bicyclic) bond motifs is 7. The number of para-hydroxylation sites is 2. The maximum absolute atomic E-state index is 6.66. The number of aromatic nitrogens is 3. The molecule has 53 heavy (non-hydrogen) atoms. The van der Waals surface area contributed by atoms with E-state index in [2.05, 4.69) is 191 Å². The Kier molecular flexibility index (Phi) is 6.52. The van der Waals surface area contributed by atoms with Crippen molar-refractivity contribution >= 4 is 49.4 Å². The molecular weight excluding hydrogens is 647 g/mol. The average molecular weight is 678 g/mol. The van der Waals surface area contributed by atoms with Crippen LogP contribution in [0.2, 0.25) is 0 Å². The molecule has 0 aliphatic heterocycles. The maximum Gasteiger partial charge on any atom is 0.137 e. The van der Waals surface area contributed by atoms with Crippen LogP contribution in [0.5, 0.6) is 0 Å². The van der Waals surface area contributed by atoms with Gasteiger partial charge in [-0.3, -0.25) is 4.40 Å². The highest BCUT2D eigenvalue weighted by Crippen LogP contribution is 2.43. The Balaban J connectivity index is 1.10. The van der Waals surface area contributed by atoms with Crippen molar-refractivity contribution < 1.29 is 4.42 Å². The lowest BCUT2D eigenvalue weighted by Gasteiger charge is -2.10. The molecule has 11 rings (SSSR count). The van der Waals surface area contributed by atoms with Gasteiger partial charge in [0.2, 0.25) is 0 Å². The normalized spacial score (nSPS) is 11.8. The van der Waals surface area contributed by atoms with Gasteiger partial charge in [-0.25, -0.2) is 4.98 Å². The summed E-state index contributed by atoms with van der Waals surface area (Å²) in [4.78, 5) is 5.23. The summed E-state index contributed by atoms with van der Waals surface area (Å²) in [5.41, 5.74) is 14.9. The van der Waals surface area contributed by atoms with Crippen molar-refractivity contribution in [2.24, 2.45) is 0 Å². The molecular formula is C49H31N3O. The third-order valence-electron chi connectivity index (χ3n) is 10.5. The van der Waals surface area contributed by atoms with Crippen LogP contribution in [-0.2, 0) is 0 Å². The molecule has 0 saturated heterocycles. The Morgan fingerprint density at radius 3 is 2.02 bits per heavy atom. The lowest BCUT2D eigenvalue weighted by molar-refractivity contribution is 0.669. The molecule has 0 radical (unpaired) electrons. The van der Waals surface area contributed by atoms with E-state index in [0.717, 1.165) is 72.4 Å². The number of rotatable bonds is 5. The topological polar surface area (TPSA) is 35.4 Å². The Morgan fingerprint density at radius 1 is 0.434 bits per heavy atom. The molecule has 0 fully saturated rings. The zero-order valence-corrected chi connectivity index (χ0v) is 28.6. The average Bonchev–Trinajstić information content (AvgIpc) is 3.90. The van der Waals surface area contributed by atoms with Gasteiger partial charge in [0.05, 0.1) is 22.4 Å². The second kappa shape index (κ2) is 11.7. The van der Waals surface area contributed by atoms with Gasteiger partial charge in [-0.05, 0) is 76.9 Å². The van der Waals surface area contributed by atoms with E-state index in [4.69, 9.17) is 9.40 Å². The minimum absolute atomic E-state index is 0.872. The minimum Gasteiger partial charge on any atom is -0.456 e. The number of pyridine rings is 1. The molecule has 248 valence electrons. The summed E-state index contributed by atoms with van der Waals surface area (Å²) < 4.78 is 11.2. The molecule has 7 aromatic carbocycles. The van der Waals surface area contributed by atoms with E-state index in [9.17, 15) is 0 Å². The Bertz CT molecular complexity index is 3170. The molecule has 4 nitrogen and oxygen atoms in total. The van der Waals surface area contributed by atoms with Crippen LogP contribution in [0, 0.1) is 0 Å². The van der Waals surface area contributed by atoms with E-state index in [1.807, 2.05) is 6.07 Å². The van der Waals surface area contributed by atoms with Crippen molar-refractivity contribution in [3.63, 3.8) is 0 Å². The first-order chi connectivity index (χ1) is 26.3. The quantitative estimate of drug-likeness (QED) is 0.182. The smallest absolute Gasteiger partial charge is 0.137 e. The maximum atomic E-state index is 6.66. The van der Waals surface area contributed by atoms with E-state index in [0.29, 0.717) is 0 Å². The van der Waals surface area contributed by atoms with Crippen molar-refractivity contribution in [1.29, 1.82) is 0 Å². The van der Waals surface area contributed by atoms with Crippen LogP contribution < -0.4 is 0 Å². The zero-order valence-electron chi connectivity index (χ0n) is 28.6. The van der Waals surface area contributed by atoms with Gasteiger partial charge in [0.25, 0.3) is 0 Å². The van der Waals surface area contributed by atoms with E-state index in [-0.39, 0.29) is 0 Å². The van der Waals surface area contributed by atoms with Gasteiger partial charge < -0.3 is 8.98 Å². The van der Waals surface area contributed by atoms with E-state index >= 15 is 0 Å². The van der Waals surface area contributed by atoms with Crippen molar-refractivity contribution in [3.05, 3.63) is 188 Å². The Hall–Kier alpha value is -7.17. The fourth-order valence-corrected chi connectivity index (χ4v) is 8.17. The molecule has 0 atom stereocenters. The molecule has 4 aromatic heterocycles. The van der Waals surface area contributed by atoms with Crippen LogP contribution in [0.3, 0.4) is 0 Å². The molecule has 0 unspecified atom stereocenters. The number of benzene rings is 7. The molecule has 4 heteroatoms. The van der Waals surface area contributed by atoms with Crippen LogP contribution in [0.25, 0.3) is 99.8 Å². The van der Waals surface area contributed by atoms with Gasteiger partial charge in [-0.15, -0.1) is 0 Å². The van der Waals surface area contributed by atoms with Gasteiger partial charge >= 0.3 is 0 Å². The summed E-state index contributed by atoms with van der Waals surface area (Å²) >= 11 is 0. The second-order valence-electron chi connectivity index (χ2n) is 13.6. The monoisotopic (exact) mass is 677 g/mol. The molecule has 0 spiro atoms. The molecule has 0 amide bonds. The predicted octanol–water partition coefficient (Wildman–Crippen LogP) is 13.0. The fourth-order valence-electron chi connectivity index (χ4n) is 8.17. The van der Waals surface area contributed by atoms with E-state index < -0.39 is 0 Å². The van der Waals surface area contributed by atoms with Crippen molar-refractivity contribution in [2.45, 2.75) is 0 Å². The highest BCUT2D eigenvalue weighted by atomic mass is 16.3. The van der Waals surface area contributed by atoms with Crippen molar-refractivity contribution in [1.82, 2.24) is 14.0 Å². The van der Waals surface area contributed by atoms with Gasteiger partial charge in [0.1, 0.15) is 16.8 Å². The van der Waals surface area contributed by atoms with Gasteiger partial charge in [-0.1, -0.05) is 121 Å². The first kappa shape index (κ1) is 29.5. The Morgan fingerprint density at radius 2 is 1.13 bits per heavy atom. The number of furan rings is 1. The highest BCUT2D eigenvalue weighted by Gasteiger charge is 2.20. The zero-order chi connectivity index (χ0) is 34.9. The molecule has 4 heterocycles.